The highest BCUT2D eigenvalue weighted by atomic mass is 16.3. The predicted octanol–water partition coefficient (Wildman–Crippen LogP) is -2.88. The van der Waals surface area contributed by atoms with Crippen molar-refractivity contribution in [1.82, 2.24) is 10.9 Å². The molecule has 0 radical (unpaired) electrons. The van der Waals surface area contributed by atoms with E-state index in [2.05, 4.69) is 0 Å². The SMILES string of the molecule is O=C(CO)NNC(=O)CO. The van der Waals surface area contributed by atoms with E-state index >= 15 is 0 Å². The van der Waals surface area contributed by atoms with Crippen LogP contribution in [0.15, 0.2) is 0 Å². The van der Waals surface area contributed by atoms with Crippen molar-refractivity contribution in [1.29, 1.82) is 0 Å². The van der Waals surface area contributed by atoms with E-state index in [0.29, 0.717) is 0 Å². The molecule has 0 bridgehead atoms. The first-order valence-corrected chi connectivity index (χ1v) is 2.50. The van der Waals surface area contributed by atoms with E-state index in [1.807, 2.05) is 10.9 Å². The Morgan fingerprint density at radius 1 is 1.00 bits per heavy atom. The maximum atomic E-state index is 10.2. The second-order valence-electron chi connectivity index (χ2n) is 1.41. The standard InChI is InChI=1S/C4H8N2O4/c7-1-3(9)5-6-4(10)2-8/h7-8H,1-2H2,(H,5,9)(H,6,10). The Hall–Kier alpha value is -1.14. The van der Waals surface area contributed by atoms with Gasteiger partial charge in [-0.25, -0.2) is 0 Å². The van der Waals surface area contributed by atoms with E-state index in [1.54, 1.807) is 0 Å². The molecule has 0 rings (SSSR count). The highest BCUT2D eigenvalue weighted by molar-refractivity contribution is 5.82. The topological polar surface area (TPSA) is 98.7 Å². The third-order valence-electron chi connectivity index (χ3n) is 0.629. The Morgan fingerprint density at radius 3 is 1.50 bits per heavy atom. The number of rotatable bonds is 2. The molecule has 0 aliphatic heterocycles. The molecule has 0 heterocycles. The Balaban J connectivity index is 3.35. The van der Waals surface area contributed by atoms with Crippen molar-refractivity contribution in [3.63, 3.8) is 0 Å². The van der Waals surface area contributed by atoms with Crippen LogP contribution in [0.3, 0.4) is 0 Å². The molecule has 0 saturated carbocycles. The Labute approximate surface area is 56.8 Å². The monoisotopic (exact) mass is 148 g/mol. The zero-order chi connectivity index (χ0) is 7.98. The van der Waals surface area contributed by atoms with Gasteiger partial charge >= 0.3 is 0 Å². The molecule has 2 amide bonds. The third-order valence-corrected chi connectivity index (χ3v) is 0.629. The van der Waals surface area contributed by atoms with Crippen LogP contribution < -0.4 is 10.9 Å². The van der Waals surface area contributed by atoms with Crippen molar-refractivity contribution in [3.8, 4) is 0 Å². The summed E-state index contributed by atoms with van der Waals surface area (Å²) in [7, 11) is 0. The van der Waals surface area contributed by atoms with Gasteiger partial charge in [0.1, 0.15) is 13.2 Å². The minimum atomic E-state index is -0.734. The molecule has 0 unspecified atom stereocenters. The van der Waals surface area contributed by atoms with Crippen LogP contribution in [-0.2, 0) is 9.59 Å². The third kappa shape index (κ3) is 3.81. The summed E-state index contributed by atoms with van der Waals surface area (Å²) in [5.74, 6) is -1.47. The molecule has 0 atom stereocenters. The van der Waals surface area contributed by atoms with E-state index in [-0.39, 0.29) is 0 Å². The average molecular weight is 148 g/mol. The molecule has 0 aliphatic carbocycles. The van der Waals surface area contributed by atoms with Crippen molar-refractivity contribution >= 4 is 11.8 Å². The molecule has 0 fully saturated rings. The van der Waals surface area contributed by atoms with E-state index in [1.165, 1.54) is 0 Å². The lowest BCUT2D eigenvalue weighted by atomic mass is 10.6. The molecular weight excluding hydrogens is 140 g/mol. The van der Waals surface area contributed by atoms with Crippen LogP contribution in [0, 0.1) is 0 Å². The number of carbonyl (C=O) groups is 2. The number of aliphatic hydroxyl groups excluding tert-OH is 2. The highest BCUT2D eigenvalue weighted by Gasteiger charge is 1.99. The molecule has 0 aromatic carbocycles. The first-order valence-electron chi connectivity index (χ1n) is 2.50. The van der Waals surface area contributed by atoms with Gasteiger partial charge in [0.2, 0.25) is 0 Å². The smallest absolute Gasteiger partial charge is 0.264 e. The van der Waals surface area contributed by atoms with Gasteiger partial charge in [0.25, 0.3) is 11.8 Å². The summed E-state index contributed by atoms with van der Waals surface area (Å²) in [6, 6.07) is 0. The summed E-state index contributed by atoms with van der Waals surface area (Å²) in [6.45, 7) is -1.41. The van der Waals surface area contributed by atoms with Crippen LogP contribution in [0.1, 0.15) is 0 Å². The van der Waals surface area contributed by atoms with Gasteiger partial charge in [-0.15, -0.1) is 0 Å². The van der Waals surface area contributed by atoms with Crippen LogP contribution in [0.25, 0.3) is 0 Å². The lowest BCUT2D eigenvalue weighted by molar-refractivity contribution is -0.131. The largest absolute Gasteiger partial charge is 0.386 e. The molecule has 0 aliphatic rings. The van der Waals surface area contributed by atoms with E-state index in [9.17, 15) is 9.59 Å². The van der Waals surface area contributed by atoms with Crippen LogP contribution in [0.5, 0.6) is 0 Å². The summed E-state index contributed by atoms with van der Waals surface area (Å²) >= 11 is 0. The van der Waals surface area contributed by atoms with Crippen LogP contribution in [0.2, 0.25) is 0 Å². The predicted molar refractivity (Wildman–Crippen MR) is 30.5 cm³/mol. The number of hydrogen-bond acceptors (Lipinski definition) is 4. The number of carbonyl (C=O) groups excluding carboxylic acids is 2. The molecule has 0 aromatic rings. The van der Waals surface area contributed by atoms with Crippen molar-refractivity contribution < 1.29 is 19.8 Å². The van der Waals surface area contributed by atoms with Gasteiger partial charge in [0, 0.05) is 0 Å². The van der Waals surface area contributed by atoms with Crippen molar-refractivity contribution in [2.75, 3.05) is 13.2 Å². The minimum absolute atomic E-state index is 0.703. The second-order valence-corrected chi connectivity index (χ2v) is 1.41. The summed E-state index contributed by atoms with van der Waals surface area (Å²) in [4.78, 5) is 20.3. The van der Waals surface area contributed by atoms with Crippen molar-refractivity contribution in [2.24, 2.45) is 0 Å². The number of amides is 2. The summed E-state index contributed by atoms with van der Waals surface area (Å²) in [6.07, 6.45) is 0. The lowest BCUT2D eigenvalue weighted by Crippen LogP contribution is -2.44. The Kier molecular flexibility index (Phi) is 4.17. The van der Waals surface area contributed by atoms with Crippen LogP contribution in [-0.4, -0.2) is 35.2 Å². The van der Waals surface area contributed by atoms with E-state index in [0.717, 1.165) is 0 Å². The molecule has 0 spiro atoms. The Morgan fingerprint density at radius 2 is 1.30 bits per heavy atom. The van der Waals surface area contributed by atoms with Gasteiger partial charge in [0.05, 0.1) is 0 Å². The normalized spacial score (nSPS) is 8.60. The average Bonchev–Trinajstić information content (AvgIpc) is 1.99. The summed E-state index contributed by atoms with van der Waals surface area (Å²) < 4.78 is 0. The quantitative estimate of drug-likeness (QED) is 0.316. The highest BCUT2D eigenvalue weighted by Crippen LogP contribution is 1.59. The van der Waals surface area contributed by atoms with Gasteiger partial charge in [0.15, 0.2) is 0 Å². The Bertz CT molecular complexity index is 119. The minimum Gasteiger partial charge on any atom is -0.386 e. The van der Waals surface area contributed by atoms with E-state index < -0.39 is 25.0 Å². The zero-order valence-electron chi connectivity index (χ0n) is 5.13. The zero-order valence-corrected chi connectivity index (χ0v) is 5.13. The first kappa shape index (κ1) is 8.86. The molecule has 0 aromatic heterocycles. The molecular formula is C4H8N2O4. The maximum Gasteiger partial charge on any atom is 0.264 e. The molecule has 58 valence electrons. The van der Waals surface area contributed by atoms with Crippen LogP contribution in [0.4, 0.5) is 0 Å². The van der Waals surface area contributed by atoms with Gasteiger partial charge in [-0.05, 0) is 0 Å². The number of hydrazine groups is 1. The molecule has 6 nitrogen and oxygen atoms in total. The van der Waals surface area contributed by atoms with Gasteiger partial charge in [-0.3, -0.25) is 20.4 Å². The van der Waals surface area contributed by atoms with E-state index in [4.69, 9.17) is 10.2 Å². The van der Waals surface area contributed by atoms with Gasteiger partial charge in [-0.1, -0.05) is 0 Å². The lowest BCUT2D eigenvalue weighted by Gasteiger charge is -2.01. The number of hydrogen-bond donors (Lipinski definition) is 4. The molecule has 6 heteroatoms. The second kappa shape index (κ2) is 4.71. The molecule has 10 heavy (non-hydrogen) atoms. The molecule has 0 saturated heterocycles. The maximum absolute atomic E-state index is 10.2. The fourth-order valence-electron chi connectivity index (χ4n) is 0.218. The fraction of sp³-hybridized carbons (Fsp3) is 0.500. The first-order chi connectivity index (χ1) is 4.70. The van der Waals surface area contributed by atoms with Crippen molar-refractivity contribution in [2.45, 2.75) is 0 Å². The summed E-state index contributed by atoms with van der Waals surface area (Å²) in [5, 5.41) is 16.2. The van der Waals surface area contributed by atoms with Crippen LogP contribution >= 0.6 is 0 Å². The summed E-state index contributed by atoms with van der Waals surface area (Å²) in [5.41, 5.74) is 3.67. The van der Waals surface area contributed by atoms with Gasteiger partial charge in [-0.2, -0.15) is 0 Å². The molecule has 4 N–H and O–H groups in total. The number of nitrogens with one attached hydrogen (secondary N) is 2. The van der Waals surface area contributed by atoms with Crippen molar-refractivity contribution in [3.05, 3.63) is 0 Å². The van der Waals surface area contributed by atoms with Gasteiger partial charge < -0.3 is 10.2 Å². The number of aliphatic hydroxyl groups is 2. The fourth-order valence-corrected chi connectivity index (χ4v) is 0.218.